The minimum Gasteiger partial charge on any atom is -0.465 e. The van der Waals surface area contributed by atoms with E-state index in [-0.39, 0.29) is 36.4 Å². The molecule has 2 aliphatic rings. The minimum absolute atomic E-state index is 0.00510. The first-order chi connectivity index (χ1) is 15.6. The van der Waals surface area contributed by atoms with Crippen LogP contribution in [-0.2, 0) is 19.7 Å². The molecule has 1 spiro atoms. The Labute approximate surface area is 201 Å². The molecule has 2 saturated heterocycles. The highest BCUT2D eigenvalue weighted by molar-refractivity contribution is 7.98. The molecular weight excluding hydrogens is 438 g/mol. The summed E-state index contributed by atoms with van der Waals surface area (Å²) in [6.45, 7) is 9.49. The van der Waals surface area contributed by atoms with Crippen molar-refractivity contribution in [3.05, 3.63) is 35.4 Å². The highest BCUT2D eigenvalue weighted by Gasteiger charge is 2.52. The molecule has 0 radical (unpaired) electrons. The van der Waals surface area contributed by atoms with Crippen LogP contribution in [0.2, 0.25) is 0 Å². The highest BCUT2D eigenvalue weighted by Crippen LogP contribution is 2.34. The molecular formula is C25H37N3O4S. The van der Waals surface area contributed by atoms with Crippen LogP contribution in [0, 0.1) is 0 Å². The zero-order valence-corrected chi connectivity index (χ0v) is 21.3. The maximum atomic E-state index is 13.1. The number of esters is 1. The molecule has 2 amide bonds. The van der Waals surface area contributed by atoms with E-state index in [1.807, 2.05) is 35.4 Å². The van der Waals surface area contributed by atoms with Gasteiger partial charge in [0.05, 0.1) is 18.3 Å². The molecule has 0 bridgehead atoms. The normalized spacial score (nSPS) is 20.4. The third kappa shape index (κ3) is 5.72. The van der Waals surface area contributed by atoms with Crippen LogP contribution in [-0.4, -0.2) is 77.5 Å². The van der Waals surface area contributed by atoms with Crippen molar-refractivity contribution in [3.8, 4) is 0 Å². The largest absolute Gasteiger partial charge is 0.465 e. The predicted octanol–water partition coefficient (Wildman–Crippen LogP) is 3.03. The highest BCUT2D eigenvalue weighted by atomic mass is 32.2. The number of nitrogens with one attached hydrogen (secondary N) is 1. The van der Waals surface area contributed by atoms with Crippen LogP contribution in [0.3, 0.4) is 0 Å². The minimum atomic E-state index is -0.611. The van der Waals surface area contributed by atoms with E-state index >= 15 is 0 Å². The zero-order valence-electron chi connectivity index (χ0n) is 20.5. The molecule has 1 aromatic rings. The second-order valence-electron chi connectivity index (χ2n) is 9.86. The number of carbonyl (C=O) groups is 3. The summed E-state index contributed by atoms with van der Waals surface area (Å²) in [6.07, 6.45) is 3.90. The van der Waals surface area contributed by atoms with Crippen LogP contribution in [0.5, 0.6) is 0 Å². The molecule has 7 nitrogen and oxygen atoms in total. The number of piperidine rings is 1. The van der Waals surface area contributed by atoms with Crippen LogP contribution in [0.25, 0.3) is 0 Å². The van der Waals surface area contributed by atoms with E-state index in [9.17, 15) is 14.4 Å². The lowest BCUT2D eigenvalue weighted by Crippen LogP contribution is -2.60. The molecule has 1 unspecified atom stereocenters. The maximum Gasteiger partial charge on any atom is 0.325 e. The van der Waals surface area contributed by atoms with Gasteiger partial charge in [-0.3, -0.25) is 19.7 Å². The third-order valence-corrected chi connectivity index (χ3v) is 7.25. The number of rotatable bonds is 7. The van der Waals surface area contributed by atoms with Gasteiger partial charge in [0.25, 0.3) is 5.91 Å². The average molecular weight is 476 g/mol. The summed E-state index contributed by atoms with van der Waals surface area (Å²) in [5, 5.41) is 3.53. The Morgan fingerprint density at radius 3 is 2.36 bits per heavy atom. The van der Waals surface area contributed by atoms with Gasteiger partial charge in [-0.1, -0.05) is 32.9 Å². The topological polar surface area (TPSA) is 79.0 Å². The Hall–Kier alpha value is -2.06. The number of thioether (sulfide) groups is 1. The number of amides is 2. The smallest absolute Gasteiger partial charge is 0.325 e. The van der Waals surface area contributed by atoms with Gasteiger partial charge in [-0.05, 0) is 48.5 Å². The predicted molar refractivity (Wildman–Crippen MR) is 131 cm³/mol. The Morgan fingerprint density at radius 1 is 1.18 bits per heavy atom. The van der Waals surface area contributed by atoms with Gasteiger partial charge >= 0.3 is 5.97 Å². The molecule has 2 heterocycles. The average Bonchev–Trinajstić information content (AvgIpc) is 3.03. The van der Waals surface area contributed by atoms with Crippen molar-refractivity contribution in [2.24, 2.45) is 0 Å². The van der Waals surface area contributed by atoms with Crippen LogP contribution < -0.4 is 5.32 Å². The first-order valence-electron chi connectivity index (χ1n) is 11.7. The molecule has 33 heavy (non-hydrogen) atoms. The second kappa shape index (κ2) is 10.5. The number of hydrogen-bond donors (Lipinski definition) is 1. The van der Waals surface area contributed by atoms with Crippen molar-refractivity contribution in [3.63, 3.8) is 0 Å². The Balaban J connectivity index is 1.71. The van der Waals surface area contributed by atoms with E-state index in [1.165, 1.54) is 5.56 Å². The number of carbonyl (C=O) groups excluding carboxylic acids is 3. The van der Waals surface area contributed by atoms with E-state index in [0.29, 0.717) is 37.9 Å². The van der Waals surface area contributed by atoms with Crippen molar-refractivity contribution in [1.82, 2.24) is 15.1 Å². The SMILES string of the molecule is CCOC(=O)CN1C(=O)C(CCSC)NC12CCN(C(=O)c1ccc(C(C)(C)C)cc1)CC2. The maximum absolute atomic E-state index is 13.1. The molecule has 1 N–H and O–H groups in total. The number of ether oxygens (including phenoxy) is 1. The molecule has 1 aromatic carbocycles. The fourth-order valence-corrected chi connectivity index (χ4v) is 5.12. The fraction of sp³-hybridized carbons (Fsp3) is 0.640. The Morgan fingerprint density at radius 2 is 1.82 bits per heavy atom. The van der Waals surface area contributed by atoms with Gasteiger partial charge in [0.2, 0.25) is 5.91 Å². The first-order valence-corrected chi connectivity index (χ1v) is 13.1. The number of hydrogen-bond acceptors (Lipinski definition) is 6. The molecule has 1 atom stereocenters. The molecule has 2 aliphatic heterocycles. The van der Waals surface area contributed by atoms with E-state index in [0.717, 1.165) is 5.75 Å². The molecule has 2 fully saturated rings. The van der Waals surface area contributed by atoms with Gasteiger partial charge in [-0.25, -0.2) is 0 Å². The fourth-order valence-electron chi connectivity index (χ4n) is 4.65. The van der Waals surface area contributed by atoms with E-state index < -0.39 is 11.6 Å². The molecule has 3 rings (SSSR count). The summed E-state index contributed by atoms with van der Waals surface area (Å²) in [4.78, 5) is 42.0. The zero-order chi connectivity index (χ0) is 24.2. The summed E-state index contributed by atoms with van der Waals surface area (Å²) in [5.74, 6) is 0.428. The monoisotopic (exact) mass is 475 g/mol. The van der Waals surface area contributed by atoms with Crippen LogP contribution in [0.15, 0.2) is 24.3 Å². The van der Waals surface area contributed by atoms with Crippen LogP contribution in [0.4, 0.5) is 0 Å². The Kier molecular flexibility index (Phi) is 8.11. The van der Waals surface area contributed by atoms with Gasteiger partial charge in [-0.15, -0.1) is 0 Å². The van der Waals surface area contributed by atoms with Crippen LogP contribution >= 0.6 is 11.8 Å². The summed E-state index contributed by atoms with van der Waals surface area (Å²) in [6, 6.07) is 7.53. The van der Waals surface area contributed by atoms with Crippen molar-refractivity contribution in [1.29, 1.82) is 0 Å². The molecule has 0 saturated carbocycles. The first kappa shape index (κ1) is 25.6. The number of nitrogens with zero attached hydrogens (tertiary/aromatic N) is 2. The van der Waals surface area contributed by atoms with E-state index in [1.54, 1.807) is 23.6 Å². The number of benzene rings is 1. The van der Waals surface area contributed by atoms with Crippen molar-refractivity contribution >= 4 is 29.5 Å². The van der Waals surface area contributed by atoms with E-state index in [2.05, 4.69) is 26.1 Å². The lowest BCUT2D eigenvalue weighted by molar-refractivity contribution is -0.151. The molecule has 0 aromatic heterocycles. The van der Waals surface area contributed by atoms with Crippen LogP contribution in [0.1, 0.15) is 62.9 Å². The Bertz CT molecular complexity index is 857. The molecule has 182 valence electrons. The van der Waals surface area contributed by atoms with E-state index in [4.69, 9.17) is 4.74 Å². The summed E-state index contributed by atoms with van der Waals surface area (Å²) in [7, 11) is 0. The van der Waals surface area contributed by atoms with Gasteiger partial charge in [0, 0.05) is 31.5 Å². The van der Waals surface area contributed by atoms with Crippen molar-refractivity contribution in [2.45, 2.75) is 64.1 Å². The molecule has 8 heteroatoms. The number of likely N-dealkylation sites (tertiary alicyclic amines) is 1. The van der Waals surface area contributed by atoms with Gasteiger partial charge in [-0.2, -0.15) is 11.8 Å². The van der Waals surface area contributed by atoms with Gasteiger partial charge in [0.15, 0.2) is 0 Å². The lowest BCUT2D eigenvalue weighted by Gasteiger charge is -2.44. The lowest BCUT2D eigenvalue weighted by atomic mass is 9.86. The van der Waals surface area contributed by atoms with Crippen molar-refractivity contribution < 1.29 is 19.1 Å². The standard InChI is InChI=1S/C25H37N3O4S/c1-6-32-21(29)17-28-23(31)20(11-16-33-5)26-25(28)12-14-27(15-13-25)22(30)18-7-9-19(10-8-18)24(2,3)4/h7-10,20,26H,6,11-17H2,1-5H3. The second-order valence-corrected chi connectivity index (χ2v) is 10.8. The summed E-state index contributed by atoms with van der Waals surface area (Å²) >= 11 is 1.70. The third-order valence-electron chi connectivity index (χ3n) is 6.60. The van der Waals surface area contributed by atoms with Crippen molar-refractivity contribution in [2.75, 3.05) is 38.2 Å². The van der Waals surface area contributed by atoms with Gasteiger partial charge in [0.1, 0.15) is 6.54 Å². The quantitative estimate of drug-likeness (QED) is 0.611. The summed E-state index contributed by atoms with van der Waals surface area (Å²) in [5.41, 5.74) is 1.29. The molecule has 0 aliphatic carbocycles. The summed E-state index contributed by atoms with van der Waals surface area (Å²) < 4.78 is 5.12. The van der Waals surface area contributed by atoms with Gasteiger partial charge < -0.3 is 14.5 Å².